The van der Waals surface area contributed by atoms with Gasteiger partial charge in [-0.2, -0.15) is 0 Å². The largest absolute Gasteiger partial charge is 0.378 e. The number of unbranched alkanes of at least 4 members (excludes halogenated alkanes) is 1. The molecule has 3 N–H and O–H groups in total. The first kappa shape index (κ1) is 11.0. The maximum absolute atomic E-state index is 6.07. The van der Waals surface area contributed by atoms with Gasteiger partial charge >= 0.3 is 0 Å². The summed E-state index contributed by atoms with van der Waals surface area (Å²) < 4.78 is 5.65. The minimum absolute atomic E-state index is 0.00559. The molecule has 0 aromatic heterocycles. The average Bonchev–Trinajstić information content (AvgIpc) is 2.02. The van der Waals surface area contributed by atoms with Crippen molar-refractivity contribution in [2.24, 2.45) is 5.73 Å². The van der Waals surface area contributed by atoms with Crippen molar-refractivity contribution < 1.29 is 4.74 Å². The standard InChI is InChI=1S/C10H22N2O/c1-3-4-5-13-9-6-10(11,7-9)8-12-2/h9,12H,3-8,11H2,1-2H3. The highest BCUT2D eigenvalue weighted by atomic mass is 16.5. The first-order valence-electron chi connectivity index (χ1n) is 5.25. The lowest BCUT2D eigenvalue weighted by Gasteiger charge is -2.44. The maximum Gasteiger partial charge on any atom is 0.0611 e. The van der Waals surface area contributed by atoms with Crippen molar-refractivity contribution in [1.29, 1.82) is 0 Å². The normalized spacial score (nSPS) is 33.0. The first-order valence-corrected chi connectivity index (χ1v) is 5.25. The third-order valence-electron chi connectivity index (χ3n) is 2.65. The van der Waals surface area contributed by atoms with E-state index in [1.54, 1.807) is 0 Å². The van der Waals surface area contributed by atoms with E-state index in [-0.39, 0.29) is 5.54 Å². The molecular weight excluding hydrogens is 164 g/mol. The van der Waals surface area contributed by atoms with Crippen molar-refractivity contribution in [2.45, 2.75) is 44.2 Å². The molecule has 1 fully saturated rings. The Kier molecular flexibility index (Phi) is 4.16. The molecular formula is C10H22N2O. The molecule has 3 nitrogen and oxygen atoms in total. The van der Waals surface area contributed by atoms with Gasteiger partial charge in [0.15, 0.2) is 0 Å². The van der Waals surface area contributed by atoms with Crippen molar-refractivity contribution in [3.8, 4) is 0 Å². The van der Waals surface area contributed by atoms with Gasteiger partial charge in [-0.15, -0.1) is 0 Å². The third kappa shape index (κ3) is 3.25. The molecule has 1 saturated carbocycles. The molecule has 0 heterocycles. The zero-order valence-corrected chi connectivity index (χ0v) is 8.81. The molecule has 78 valence electrons. The van der Waals surface area contributed by atoms with E-state index in [0.29, 0.717) is 6.10 Å². The Morgan fingerprint density at radius 2 is 2.23 bits per heavy atom. The van der Waals surface area contributed by atoms with Gasteiger partial charge in [-0.05, 0) is 26.3 Å². The summed E-state index contributed by atoms with van der Waals surface area (Å²) in [5.74, 6) is 0. The second-order valence-electron chi connectivity index (χ2n) is 4.15. The van der Waals surface area contributed by atoms with E-state index < -0.39 is 0 Å². The van der Waals surface area contributed by atoms with Crippen LogP contribution < -0.4 is 11.1 Å². The third-order valence-corrected chi connectivity index (χ3v) is 2.65. The highest BCUT2D eigenvalue weighted by molar-refractivity contribution is 5.00. The molecule has 0 aromatic carbocycles. The monoisotopic (exact) mass is 186 g/mol. The van der Waals surface area contributed by atoms with Gasteiger partial charge in [0, 0.05) is 18.7 Å². The summed E-state index contributed by atoms with van der Waals surface area (Å²) in [6.45, 7) is 3.98. The fourth-order valence-electron chi connectivity index (χ4n) is 1.86. The lowest BCUT2D eigenvalue weighted by atomic mass is 9.75. The first-order chi connectivity index (χ1) is 6.20. The van der Waals surface area contributed by atoms with E-state index in [4.69, 9.17) is 10.5 Å². The lowest BCUT2D eigenvalue weighted by molar-refractivity contribution is -0.0423. The molecule has 0 radical (unpaired) electrons. The van der Waals surface area contributed by atoms with Crippen molar-refractivity contribution in [1.82, 2.24) is 5.32 Å². The van der Waals surface area contributed by atoms with Gasteiger partial charge in [0.1, 0.15) is 0 Å². The van der Waals surface area contributed by atoms with Gasteiger partial charge in [0.05, 0.1) is 6.10 Å². The fourth-order valence-corrected chi connectivity index (χ4v) is 1.86. The quantitative estimate of drug-likeness (QED) is 0.605. The number of hydrogen-bond acceptors (Lipinski definition) is 3. The van der Waals surface area contributed by atoms with Crippen LogP contribution in [0.2, 0.25) is 0 Å². The summed E-state index contributed by atoms with van der Waals surface area (Å²) in [7, 11) is 1.94. The zero-order valence-electron chi connectivity index (χ0n) is 8.81. The molecule has 0 aliphatic heterocycles. The molecule has 13 heavy (non-hydrogen) atoms. The Bertz CT molecular complexity index is 144. The number of likely N-dealkylation sites (N-methyl/N-ethyl adjacent to an activating group) is 1. The van der Waals surface area contributed by atoms with Crippen LogP contribution in [0.25, 0.3) is 0 Å². The Morgan fingerprint density at radius 3 is 2.77 bits per heavy atom. The van der Waals surface area contributed by atoms with Crippen LogP contribution >= 0.6 is 0 Å². The van der Waals surface area contributed by atoms with Crippen LogP contribution in [0, 0.1) is 0 Å². The van der Waals surface area contributed by atoms with E-state index in [9.17, 15) is 0 Å². The topological polar surface area (TPSA) is 47.3 Å². The summed E-state index contributed by atoms with van der Waals surface area (Å²) in [4.78, 5) is 0. The van der Waals surface area contributed by atoms with Crippen molar-refractivity contribution >= 4 is 0 Å². The maximum atomic E-state index is 6.07. The number of ether oxygens (including phenoxy) is 1. The van der Waals surface area contributed by atoms with Crippen LogP contribution in [-0.2, 0) is 4.74 Å². The molecule has 1 aliphatic rings. The smallest absolute Gasteiger partial charge is 0.0611 e. The Morgan fingerprint density at radius 1 is 1.54 bits per heavy atom. The molecule has 0 amide bonds. The molecule has 0 spiro atoms. The van der Waals surface area contributed by atoms with E-state index in [1.807, 2.05) is 7.05 Å². The van der Waals surface area contributed by atoms with E-state index >= 15 is 0 Å². The second kappa shape index (κ2) is 4.94. The van der Waals surface area contributed by atoms with Crippen molar-refractivity contribution in [2.75, 3.05) is 20.2 Å². The second-order valence-corrected chi connectivity index (χ2v) is 4.15. The van der Waals surface area contributed by atoms with Crippen molar-refractivity contribution in [3.05, 3.63) is 0 Å². The van der Waals surface area contributed by atoms with Gasteiger partial charge in [0.2, 0.25) is 0 Å². The molecule has 1 rings (SSSR count). The Hall–Kier alpha value is -0.120. The lowest BCUT2D eigenvalue weighted by Crippen LogP contribution is -2.60. The molecule has 0 aromatic rings. The minimum atomic E-state index is 0.00559. The summed E-state index contributed by atoms with van der Waals surface area (Å²) in [5.41, 5.74) is 6.07. The zero-order chi connectivity index (χ0) is 9.73. The van der Waals surface area contributed by atoms with Crippen LogP contribution in [-0.4, -0.2) is 31.8 Å². The predicted molar refractivity (Wildman–Crippen MR) is 54.7 cm³/mol. The summed E-state index contributed by atoms with van der Waals surface area (Å²) in [6.07, 6.45) is 4.82. The molecule has 0 bridgehead atoms. The number of nitrogens with two attached hydrogens (primary N) is 1. The van der Waals surface area contributed by atoms with Crippen LogP contribution in [0.1, 0.15) is 32.6 Å². The SMILES string of the molecule is CCCCOC1CC(N)(CNC)C1. The van der Waals surface area contributed by atoms with E-state index in [1.165, 1.54) is 12.8 Å². The molecule has 0 unspecified atom stereocenters. The van der Waals surface area contributed by atoms with Crippen LogP contribution in [0.3, 0.4) is 0 Å². The number of rotatable bonds is 6. The number of hydrogen-bond donors (Lipinski definition) is 2. The van der Waals surface area contributed by atoms with Crippen LogP contribution in [0.4, 0.5) is 0 Å². The van der Waals surface area contributed by atoms with Gasteiger partial charge in [-0.25, -0.2) is 0 Å². The highest BCUT2D eigenvalue weighted by Gasteiger charge is 2.40. The molecule has 0 saturated heterocycles. The van der Waals surface area contributed by atoms with Gasteiger partial charge < -0.3 is 15.8 Å². The van der Waals surface area contributed by atoms with Gasteiger partial charge in [0.25, 0.3) is 0 Å². The summed E-state index contributed by atoms with van der Waals surface area (Å²) in [6, 6.07) is 0. The van der Waals surface area contributed by atoms with E-state index in [0.717, 1.165) is 26.0 Å². The van der Waals surface area contributed by atoms with Crippen molar-refractivity contribution in [3.63, 3.8) is 0 Å². The minimum Gasteiger partial charge on any atom is -0.378 e. The number of nitrogens with one attached hydrogen (secondary N) is 1. The fraction of sp³-hybridized carbons (Fsp3) is 1.00. The predicted octanol–water partition coefficient (Wildman–Crippen LogP) is 0.882. The molecule has 0 atom stereocenters. The summed E-state index contributed by atoms with van der Waals surface area (Å²) in [5, 5.41) is 3.12. The Labute approximate surface area is 81.0 Å². The van der Waals surface area contributed by atoms with E-state index in [2.05, 4.69) is 12.2 Å². The Balaban J connectivity index is 2.03. The highest BCUT2D eigenvalue weighted by Crippen LogP contribution is 2.31. The molecule has 3 heteroatoms. The van der Waals surface area contributed by atoms with Crippen LogP contribution in [0.5, 0.6) is 0 Å². The van der Waals surface area contributed by atoms with Gasteiger partial charge in [-0.1, -0.05) is 13.3 Å². The molecule has 1 aliphatic carbocycles. The van der Waals surface area contributed by atoms with Gasteiger partial charge in [-0.3, -0.25) is 0 Å². The summed E-state index contributed by atoms with van der Waals surface area (Å²) >= 11 is 0. The average molecular weight is 186 g/mol. The van der Waals surface area contributed by atoms with Crippen LogP contribution in [0.15, 0.2) is 0 Å².